The van der Waals surface area contributed by atoms with Crippen LogP contribution in [0.1, 0.15) is 50.0 Å². The standard InChI is InChI=1S/C25H24ClN3O4/c1-25(2,3)16-6-4-15(5-7-16)19-13-20(19)24(30)28-27-14-18-9-11-23(33-18)21-12-17(29(31)32)8-10-22(21)26/h4-12,14,19-20H,13H2,1-3H3,(H,28,30)/b27-14+/t19-,20+/m1/s1. The SMILES string of the molecule is CC(C)(C)c1ccc([C@H]2C[C@@H]2C(=O)N/N=C/c2ccc(-c3cc([N+](=O)[O-])ccc3Cl)o2)cc1. The minimum atomic E-state index is -0.495. The van der Waals surface area contributed by atoms with Gasteiger partial charge in [-0.1, -0.05) is 56.6 Å². The summed E-state index contributed by atoms with van der Waals surface area (Å²) >= 11 is 6.15. The molecule has 33 heavy (non-hydrogen) atoms. The molecule has 3 aromatic rings. The summed E-state index contributed by atoms with van der Waals surface area (Å²) in [5, 5.41) is 15.3. The van der Waals surface area contributed by atoms with E-state index in [1.54, 1.807) is 12.1 Å². The molecule has 1 aromatic heterocycles. The van der Waals surface area contributed by atoms with Gasteiger partial charge in [0.15, 0.2) is 0 Å². The summed E-state index contributed by atoms with van der Waals surface area (Å²) in [6.45, 7) is 6.52. The number of amides is 1. The first-order valence-corrected chi connectivity index (χ1v) is 11.0. The first-order chi connectivity index (χ1) is 15.6. The van der Waals surface area contributed by atoms with E-state index in [4.69, 9.17) is 16.0 Å². The first kappa shape index (κ1) is 22.7. The second-order valence-electron chi connectivity index (χ2n) is 9.18. The number of halogens is 1. The number of hydrazone groups is 1. The highest BCUT2D eigenvalue weighted by molar-refractivity contribution is 6.33. The molecule has 1 aliphatic rings. The van der Waals surface area contributed by atoms with Gasteiger partial charge in [-0.3, -0.25) is 14.9 Å². The lowest BCUT2D eigenvalue weighted by atomic mass is 9.86. The molecular formula is C25H24ClN3O4. The molecular weight excluding hydrogens is 442 g/mol. The molecule has 0 saturated heterocycles. The van der Waals surface area contributed by atoms with Gasteiger partial charge in [0.2, 0.25) is 5.91 Å². The van der Waals surface area contributed by atoms with E-state index in [0.29, 0.717) is 22.1 Å². The molecule has 1 fully saturated rings. The van der Waals surface area contributed by atoms with Gasteiger partial charge in [-0.25, -0.2) is 5.43 Å². The molecule has 0 radical (unpaired) electrons. The van der Waals surface area contributed by atoms with Crippen molar-refractivity contribution in [2.24, 2.45) is 11.0 Å². The Bertz CT molecular complexity index is 1230. The van der Waals surface area contributed by atoms with Crippen LogP contribution in [-0.2, 0) is 10.2 Å². The fourth-order valence-electron chi connectivity index (χ4n) is 3.71. The Balaban J connectivity index is 1.35. The zero-order valence-electron chi connectivity index (χ0n) is 18.5. The number of hydrogen-bond acceptors (Lipinski definition) is 5. The van der Waals surface area contributed by atoms with E-state index in [1.165, 1.54) is 30.0 Å². The van der Waals surface area contributed by atoms with Crippen LogP contribution in [0.25, 0.3) is 11.3 Å². The Hall–Kier alpha value is -3.45. The molecule has 2 aromatic carbocycles. The molecule has 1 saturated carbocycles. The first-order valence-electron chi connectivity index (χ1n) is 10.6. The number of non-ortho nitro benzene ring substituents is 1. The van der Waals surface area contributed by atoms with E-state index < -0.39 is 4.92 Å². The minimum absolute atomic E-state index is 0.0830. The van der Waals surface area contributed by atoms with Crippen LogP contribution < -0.4 is 5.43 Å². The average Bonchev–Trinajstić information content (AvgIpc) is 3.44. The summed E-state index contributed by atoms with van der Waals surface area (Å²) < 4.78 is 5.66. The van der Waals surface area contributed by atoms with E-state index in [2.05, 4.69) is 55.6 Å². The summed E-state index contributed by atoms with van der Waals surface area (Å²) in [6, 6.07) is 15.9. The summed E-state index contributed by atoms with van der Waals surface area (Å²) in [7, 11) is 0. The summed E-state index contributed by atoms with van der Waals surface area (Å²) in [5.74, 6) is 0.735. The number of rotatable bonds is 6. The van der Waals surface area contributed by atoms with Crippen LogP contribution in [0.4, 0.5) is 5.69 Å². The maximum atomic E-state index is 12.4. The molecule has 170 valence electrons. The van der Waals surface area contributed by atoms with Gasteiger partial charge >= 0.3 is 0 Å². The van der Waals surface area contributed by atoms with Crippen LogP contribution in [0.15, 0.2) is 64.1 Å². The van der Waals surface area contributed by atoms with Crippen molar-refractivity contribution in [2.75, 3.05) is 0 Å². The monoisotopic (exact) mass is 465 g/mol. The van der Waals surface area contributed by atoms with Crippen LogP contribution in [0.2, 0.25) is 5.02 Å². The Labute approximate surface area is 196 Å². The van der Waals surface area contributed by atoms with Crippen LogP contribution in [0.5, 0.6) is 0 Å². The predicted octanol–water partition coefficient (Wildman–Crippen LogP) is 6.06. The molecule has 0 unspecified atom stereocenters. The van der Waals surface area contributed by atoms with Crippen LogP contribution >= 0.6 is 11.6 Å². The third-order valence-corrected chi connectivity index (χ3v) is 6.08. The number of nitro groups is 1. The van der Waals surface area contributed by atoms with Crippen molar-refractivity contribution in [3.05, 3.63) is 86.6 Å². The molecule has 7 nitrogen and oxygen atoms in total. The highest BCUT2D eigenvalue weighted by Gasteiger charge is 2.44. The molecule has 1 N–H and O–H groups in total. The van der Waals surface area contributed by atoms with Gasteiger partial charge < -0.3 is 4.42 Å². The zero-order chi connectivity index (χ0) is 23.8. The molecule has 0 bridgehead atoms. The molecule has 4 rings (SSSR count). The number of hydrogen-bond donors (Lipinski definition) is 1. The smallest absolute Gasteiger partial charge is 0.270 e. The summed E-state index contributed by atoms with van der Waals surface area (Å²) in [4.78, 5) is 23.0. The van der Waals surface area contributed by atoms with E-state index in [1.807, 2.05) is 0 Å². The van der Waals surface area contributed by atoms with Crippen molar-refractivity contribution in [1.82, 2.24) is 5.43 Å². The molecule has 1 heterocycles. The van der Waals surface area contributed by atoms with Gasteiger partial charge in [0.25, 0.3) is 5.69 Å². The lowest BCUT2D eigenvalue weighted by molar-refractivity contribution is -0.384. The Morgan fingerprint density at radius 3 is 2.58 bits per heavy atom. The van der Waals surface area contributed by atoms with Gasteiger partial charge in [-0.15, -0.1) is 0 Å². The number of benzene rings is 2. The van der Waals surface area contributed by atoms with Gasteiger partial charge in [-0.05, 0) is 47.1 Å². The van der Waals surface area contributed by atoms with Gasteiger partial charge in [0.1, 0.15) is 11.5 Å². The van der Waals surface area contributed by atoms with Crippen LogP contribution in [-0.4, -0.2) is 17.0 Å². The molecule has 0 spiro atoms. The largest absolute Gasteiger partial charge is 0.455 e. The highest BCUT2D eigenvalue weighted by Crippen LogP contribution is 2.47. The number of carbonyl (C=O) groups is 1. The topological polar surface area (TPSA) is 97.7 Å². The van der Waals surface area contributed by atoms with Crippen molar-refractivity contribution in [3.8, 4) is 11.3 Å². The lowest BCUT2D eigenvalue weighted by Gasteiger charge is -2.19. The van der Waals surface area contributed by atoms with Gasteiger partial charge in [-0.2, -0.15) is 5.10 Å². The zero-order valence-corrected chi connectivity index (χ0v) is 19.3. The maximum Gasteiger partial charge on any atom is 0.270 e. The molecule has 1 aliphatic carbocycles. The number of carbonyl (C=O) groups excluding carboxylic acids is 1. The predicted molar refractivity (Wildman–Crippen MR) is 128 cm³/mol. The Morgan fingerprint density at radius 2 is 1.91 bits per heavy atom. The molecule has 0 aliphatic heterocycles. The van der Waals surface area contributed by atoms with Crippen molar-refractivity contribution in [2.45, 2.75) is 38.5 Å². The fourth-order valence-corrected chi connectivity index (χ4v) is 3.92. The van der Waals surface area contributed by atoms with Crippen LogP contribution in [0, 0.1) is 16.0 Å². The molecule has 2 atom stereocenters. The summed E-state index contributed by atoms with van der Waals surface area (Å²) in [5.41, 5.74) is 5.42. The number of nitrogens with zero attached hydrogens (tertiary/aromatic N) is 2. The van der Waals surface area contributed by atoms with Crippen molar-refractivity contribution < 1.29 is 14.1 Å². The third kappa shape index (κ3) is 5.14. The van der Waals surface area contributed by atoms with Crippen molar-refractivity contribution in [3.63, 3.8) is 0 Å². The Kier molecular flexibility index (Phi) is 6.08. The van der Waals surface area contributed by atoms with E-state index in [-0.39, 0.29) is 28.8 Å². The highest BCUT2D eigenvalue weighted by atomic mass is 35.5. The normalized spacial score (nSPS) is 17.8. The van der Waals surface area contributed by atoms with Crippen LogP contribution in [0.3, 0.4) is 0 Å². The molecule has 8 heteroatoms. The van der Waals surface area contributed by atoms with Crippen molar-refractivity contribution in [1.29, 1.82) is 0 Å². The summed E-state index contributed by atoms with van der Waals surface area (Å²) in [6.07, 6.45) is 2.19. The lowest BCUT2D eigenvalue weighted by Crippen LogP contribution is -2.20. The molecule has 1 amide bonds. The minimum Gasteiger partial charge on any atom is -0.455 e. The number of nitro benzene ring substituents is 1. The van der Waals surface area contributed by atoms with E-state index in [9.17, 15) is 14.9 Å². The van der Waals surface area contributed by atoms with Crippen molar-refractivity contribution >= 4 is 29.4 Å². The average molecular weight is 466 g/mol. The van der Waals surface area contributed by atoms with Gasteiger partial charge in [0, 0.05) is 23.6 Å². The number of furan rings is 1. The number of nitrogens with one attached hydrogen (secondary N) is 1. The quantitative estimate of drug-likeness (QED) is 0.272. The second-order valence-corrected chi connectivity index (χ2v) is 9.59. The maximum absolute atomic E-state index is 12.4. The fraction of sp³-hybridized carbons (Fsp3) is 0.280. The third-order valence-electron chi connectivity index (χ3n) is 5.75. The van der Waals surface area contributed by atoms with E-state index >= 15 is 0 Å². The van der Waals surface area contributed by atoms with Gasteiger partial charge in [0.05, 0.1) is 16.2 Å². The Morgan fingerprint density at radius 1 is 1.18 bits per heavy atom. The second kappa shape index (κ2) is 8.83. The van der Waals surface area contributed by atoms with E-state index in [0.717, 1.165) is 12.0 Å².